The molecule has 5 heterocycles. The molecule has 3 aliphatic rings. The van der Waals surface area contributed by atoms with Crippen LogP contribution in [0.15, 0.2) is 85.5 Å². The SMILES string of the molecule is COC(=O)c1cc(C2CC2)cnc1Cc1ccc2[nH]ccc2c1.O=C(O)c1cc(C2CC2)cnc1Cc1ccc2c(ccn2CC2CCCCO2)c1. The van der Waals surface area contributed by atoms with Crippen LogP contribution in [0.25, 0.3) is 21.8 Å². The summed E-state index contributed by atoms with van der Waals surface area (Å²) in [5.74, 6) is -0.137. The number of carbonyl (C=O) groups is 2. The summed E-state index contributed by atoms with van der Waals surface area (Å²) in [6, 6.07) is 20.6. The fraction of sp³-hybridized carbons (Fsp3) is 0.349. The van der Waals surface area contributed by atoms with Crippen molar-refractivity contribution in [3.8, 4) is 0 Å². The third-order valence-corrected chi connectivity index (χ3v) is 10.6. The van der Waals surface area contributed by atoms with Gasteiger partial charge in [-0.15, -0.1) is 0 Å². The van der Waals surface area contributed by atoms with Gasteiger partial charge in [0.15, 0.2) is 0 Å². The summed E-state index contributed by atoms with van der Waals surface area (Å²) in [5, 5.41) is 12.0. The Bertz CT molecular complexity index is 2240. The highest BCUT2D eigenvalue weighted by Crippen LogP contribution is 2.41. The third kappa shape index (κ3) is 7.65. The molecule has 2 N–H and O–H groups in total. The predicted octanol–water partition coefficient (Wildman–Crippen LogP) is 8.59. The molecule has 266 valence electrons. The number of pyridine rings is 2. The number of carboxylic acid groups (broad SMARTS) is 1. The molecule has 9 rings (SSSR count). The van der Waals surface area contributed by atoms with Gasteiger partial charge < -0.3 is 24.1 Å². The molecule has 1 atom stereocenters. The number of aromatic amines is 1. The zero-order valence-electron chi connectivity index (χ0n) is 29.5. The van der Waals surface area contributed by atoms with E-state index in [-0.39, 0.29) is 5.97 Å². The Hall–Kier alpha value is -5.28. The predicted molar refractivity (Wildman–Crippen MR) is 200 cm³/mol. The third-order valence-electron chi connectivity index (χ3n) is 10.6. The lowest BCUT2D eigenvalue weighted by atomic mass is 10.0. The average Bonchev–Trinajstić information content (AvgIpc) is 4.11. The molecule has 52 heavy (non-hydrogen) atoms. The second kappa shape index (κ2) is 14.8. The van der Waals surface area contributed by atoms with Crippen molar-refractivity contribution in [3.63, 3.8) is 0 Å². The Kier molecular flexibility index (Phi) is 9.60. The van der Waals surface area contributed by atoms with Crippen LogP contribution < -0.4 is 0 Å². The van der Waals surface area contributed by atoms with Crippen LogP contribution in [0.5, 0.6) is 0 Å². The molecule has 3 fully saturated rings. The fourth-order valence-electron chi connectivity index (χ4n) is 7.34. The van der Waals surface area contributed by atoms with Crippen LogP contribution in [-0.4, -0.2) is 56.4 Å². The number of esters is 1. The quantitative estimate of drug-likeness (QED) is 0.138. The van der Waals surface area contributed by atoms with E-state index in [2.05, 4.69) is 68.2 Å². The Morgan fingerprint density at radius 3 is 2.15 bits per heavy atom. The second-order valence-corrected chi connectivity index (χ2v) is 14.5. The first-order valence-corrected chi connectivity index (χ1v) is 18.5. The number of rotatable bonds is 10. The van der Waals surface area contributed by atoms with Gasteiger partial charge in [0.1, 0.15) is 0 Å². The van der Waals surface area contributed by atoms with Gasteiger partial charge in [0.05, 0.1) is 35.7 Å². The Morgan fingerprint density at radius 1 is 0.827 bits per heavy atom. The fourth-order valence-corrected chi connectivity index (χ4v) is 7.34. The molecule has 4 aromatic heterocycles. The van der Waals surface area contributed by atoms with E-state index in [9.17, 15) is 14.7 Å². The van der Waals surface area contributed by atoms with E-state index in [1.165, 1.54) is 43.7 Å². The van der Waals surface area contributed by atoms with Crippen LogP contribution >= 0.6 is 0 Å². The van der Waals surface area contributed by atoms with Gasteiger partial charge in [-0.3, -0.25) is 9.97 Å². The molecule has 1 unspecified atom stereocenters. The number of hydrogen-bond donors (Lipinski definition) is 2. The number of aromatic carboxylic acids is 1. The first-order chi connectivity index (χ1) is 25.4. The van der Waals surface area contributed by atoms with Crippen molar-refractivity contribution < 1.29 is 24.2 Å². The molecule has 1 saturated heterocycles. The van der Waals surface area contributed by atoms with Gasteiger partial charge in [0.2, 0.25) is 0 Å². The molecule has 1 aliphatic heterocycles. The van der Waals surface area contributed by atoms with Crippen LogP contribution in [0, 0.1) is 0 Å². The Balaban J connectivity index is 0.000000153. The van der Waals surface area contributed by atoms with Gasteiger partial charge in [-0.05, 0) is 138 Å². The molecule has 6 aromatic rings. The van der Waals surface area contributed by atoms with Crippen molar-refractivity contribution in [2.24, 2.45) is 0 Å². The van der Waals surface area contributed by atoms with Crippen LogP contribution in [0.2, 0.25) is 0 Å². The van der Waals surface area contributed by atoms with E-state index in [0.717, 1.165) is 71.3 Å². The summed E-state index contributed by atoms with van der Waals surface area (Å²) in [6.07, 6.45) is 17.4. The molecule has 9 nitrogen and oxygen atoms in total. The second-order valence-electron chi connectivity index (χ2n) is 14.5. The summed E-state index contributed by atoms with van der Waals surface area (Å²) < 4.78 is 13.1. The van der Waals surface area contributed by atoms with Gasteiger partial charge in [-0.2, -0.15) is 0 Å². The summed E-state index contributed by atoms with van der Waals surface area (Å²) in [7, 11) is 1.42. The lowest BCUT2D eigenvalue weighted by Crippen LogP contribution is -2.24. The standard InChI is InChI=1S/C24H26N2O3.C19H18N2O2/c27-24(28)21-13-19(17-5-6-17)14-25-22(21)12-16-4-7-23-18(11-16)8-9-26(23)15-20-3-1-2-10-29-20;1-23-19(22)16-10-15(13-3-4-13)11-21-18(16)9-12-2-5-17-14(8-12)6-7-20-17/h4,7-9,11,13-14,17,20H,1-3,5-6,10,12,15H2,(H,27,28);2,5-8,10-11,13,20H,3-4,9H2,1H3. The van der Waals surface area contributed by atoms with Crippen molar-refractivity contribution in [2.75, 3.05) is 13.7 Å². The van der Waals surface area contributed by atoms with E-state index in [1.807, 2.05) is 36.8 Å². The van der Waals surface area contributed by atoms with Crippen molar-refractivity contribution in [1.82, 2.24) is 19.5 Å². The number of hydrogen-bond acceptors (Lipinski definition) is 6. The maximum Gasteiger partial charge on any atom is 0.339 e. The van der Waals surface area contributed by atoms with Crippen LogP contribution in [0.1, 0.15) is 111 Å². The molecular formula is C43H44N4O5. The number of carboxylic acids is 1. The Morgan fingerprint density at radius 2 is 1.50 bits per heavy atom. The van der Waals surface area contributed by atoms with Crippen LogP contribution in [0.4, 0.5) is 0 Å². The van der Waals surface area contributed by atoms with Gasteiger partial charge in [0.25, 0.3) is 0 Å². The van der Waals surface area contributed by atoms with Gasteiger partial charge in [-0.25, -0.2) is 9.59 Å². The largest absolute Gasteiger partial charge is 0.478 e. The average molecular weight is 697 g/mol. The molecule has 2 aromatic carbocycles. The zero-order valence-corrected chi connectivity index (χ0v) is 29.5. The highest BCUT2D eigenvalue weighted by Gasteiger charge is 2.27. The van der Waals surface area contributed by atoms with Gasteiger partial charge in [-0.1, -0.05) is 12.1 Å². The number of nitrogens with zero attached hydrogens (tertiary/aromatic N) is 3. The Labute approximate surface area is 303 Å². The van der Waals surface area contributed by atoms with E-state index in [1.54, 1.807) is 0 Å². The number of benzene rings is 2. The molecule has 9 heteroatoms. The lowest BCUT2D eigenvalue weighted by Gasteiger charge is -2.23. The summed E-state index contributed by atoms with van der Waals surface area (Å²) in [5.41, 5.74) is 9.06. The number of carbonyl (C=O) groups excluding carboxylic acids is 1. The minimum Gasteiger partial charge on any atom is -0.478 e. The first-order valence-electron chi connectivity index (χ1n) is 18.5. The van der Waals surface area contributed by atoms with Crippen molar-refractivity contribution in [2.45, 2.75) is 82.3 Å². The van der Waals surface area contributed by atoms with Crippen molar-refractivity contribution in [1.29, 1.82) is 0 Å². The highest BCUT2D eigenvalue weighted by molar-refractivity contribution is 5.91. The van der Waals surface area contributed by atoms with Crippen LogP contribution in [-0.2, 0) is 28.9 Å². The zero-order chi connectivity index (χ0) is 35.6. The van der Waals surface area contributed by atoms with E-state index in [4.69, 9.17) is 9.47 Å². The van der Waals surface area contributed by atoms with Gasteiger partial charge in [0, 0.05) is 61.8 Å². The van der Waals surface area contributed by atoms with Gasteiger partial charge >= 0.3 is 11.9 Å². The summed E-state index contributed by atoms with van der Waals surface area (Å²) in [4.78, 5) is 36.1. The minimum atomic E-state index is -0.894. The summed E-state index contributed by atoms with van der Waals surface area (Å²) >= 11 is 0. The number of nitrogens with one attached hydrogen (secondary N) is 1. The molecule has 2 saturated carbocycles. The normalized spacial score (nSPS) is 17.1. The molecule has 0 amide bonds. The van der Waals surface area contributed by atoms with E-state index >= 15 is 0 Å². The highest BCUT2D eigenvalue weighted by atomic mass is 16.5. The minimum absolute atomic E-state index is 0.298. The van der Waals surface area contributed by atoms with Crippen LogP contribution in [0.3, 0.4) is 0 Å². The van der Waals surface area contributed by atoms with E-state index in [0.29, 0.717) is 47.6 Å². The molecule has 2 aliphatic carbocycles. The monoisotopic (exact) mass is 696 g/mol. The smallest absolute Gasteiger partial charge is 0.339 e. The first kappa shape index (κ1) is 33.8. The molecular weight excluding hydrogens is 652 g/mol. The molecule has 0 bridgehead atoms. The molecule has 0 radical (unpaired) electrons. The lowest BCUT2D eigenvalue weighted by molar-refractivity contribution is 0.00669. The van der Waals surface area contributed by atoms with E-state index < -0.39 is 5.97 Å². The maximum atomic E-state index is 12.1. The summed E-state index contributed by atoms with van der Waals surface area (Å²) in [6.45, 7) is 1.75. The number of ether oxygens (including phenoxy) is 2. The number of fused-ring (bicyclic) bond motifs is 2. The van der Waals surface area contributed by atoms with Crippen molar-refractivity contribution in [3.05, 3.63) is 130 Å². The topological polar surface area (TPSA) is 119 Å². The van der Waals surface area contributed by atoms with Crippen molar-refractivity contribution >= 4 is 33.7 Å². The number of H-pyrrole nitrogens is 1. The number of aromatic nitrogens is 4. The maximum absolute atomic E-state index is 12.1. The molecule has 0 spiro atoms. The number of methoxy groups -OCH3 is 1.